The van der Waals surface area contributed by atoms with Crippen molar-refractivity contribution in [3.63, 3.8) is 0 Å². The van der Waals surface area contributed by atoms with Crippen molar-refractivity contribution >= 4 is 21.6 Å². The Balaban J connectivity index is 2.21. The Morgan fingerprint density at radius 1 is 1.48 bits per heavy atom. The highest BCUT2D eigenvalue weighted by Gasteiger charge is 2.11. The van der Waals surface area contributed by atoms with Crippen LogP contribution in [0.3, 0.4) is 0 Å². The van der Waals surface area contributed by atoms with Crippen molar-refractivity contribution in [1.29, 1.82) is 0 Å². The highest BCUT2D eigenvalue weighted by Crippen LogP contribution is 2.20. The number of hydrogen-bond donors (Lipinski definition) is 1. The van der Waals surface area contributed by atoms with Gasteiger partial charge in [0, 0.05) is 18.3 Å². The number of ether oxygens (including phenoxy) is 1. The summed E-state index contributed by atoms with van der Waals surface area (Å²) in [5, 5.41) is 7.33. The van der Waals surface area contributed by atoms with Crippen molar-refractivity contribution in [3.05, 3.63) is 44.9 Å². The normalized spacial score (nSPS) is 10.7. The van der Waals surface area contributed by atoms with Gasteiger partial charge in [-0.2, -0.15) is 5.10 Å². The van der Waals surface area contributed by atoms with Gasteiger partial charge >= 0.3 is 0 Å². The Morgan fingerprint density at radius 3 is 2.90 bits per heavy atom. The van der Waals surface area contributed by atoms with Crippen LogP contribution in [0.5, 0.6) is 5.88 Å². The lowest BCUT2D eigenvalue weighted by Crippen LogP contribution is -2.26. The summed E-state index contributed by atoms with van der Waals surface area (Å²) in [5.41, 5.74) is 1.39. The molecule has 21 heavy (non-hydrogen) atoms. The van der Waals surface area contributed by atoms with E-state index in [0.717, 1.165) is 5.56 Å². The van der Waals surface area contributed by atoms with Gasteiger partial charge in [0.2, 0.25) is 5.88 Å². The van der Waals surface area contributed by atoms with E-state index in [1.165, 1.54) is 4.68 Å². The second kappa shape index (κ2) is 6.71. The molecular weight excluding hydrogens is 336 g/mol. The zero-order chi connectivity index (χ0) is 15.4. The highest BCUT2D eigenvalue weighted by molar-refractivity contribution is 9.10. The number of methoxy groups -OCH3 is 1. The lowest BCUT2D eigenvalue weighted by molar-refractivity contribution is 0.393. The van der Waals surface area contributed by atoms with Crippen molar-refractivity contribution < 1.29 is 4.74 Å². The average molecular weight is 353 g/mol. The standard InChI is InChI=1S/C14H17BrN4O2/c1-9(2)19-14(20)12(15)11(8-18-19)17-7-10-5-4-6-16-13(10)21-3/h4-6,8-9,17H,7H2,1-3H3. The summed E-state index contributed by atoms with van der Waals surface area (Å²) in [6.07, 6.45) is 3.30. The van der Waals surface area contributed by atoms with E-state index in [2.05, 4.69) is 31.3 Å². The average Bonchev–Trinajstić information content (AvgIpc) is 2.48. The largest absolute Gasteiger partial charge is 0.481 e. The number of pyridine rings is 1. The number of hydrogen-bond acceptors (Lipinski definition) is 5. The van der Waals surface area contributed by atoms with E-state index in [0.29, 0.717) is 22.6 Å². The predicted octanol–water partition coefficient (Wildman–Crippen LogP) is 2.60. The molecule has 112 valence electrons. The van der Waals surface area contributed by atoms with Crippen molar-refractivity contribution in [1.82, 2.24) is 14.8 Å². The number of aromatic nitrogens is 3. The molecule has 2 rings (SSSR count). The minimum absolute atomic E-state index is 0.0151. The van der Waals surface area contributed by atoms with E-state index < -0.39 is 0 Å². The van der Waals surface area contributed by atoms with E-state index in [9.17, 15) is 4.79 Å². The van der Waals surface area contributed by atoms with E-state index in [4.69, 9.17) is 4.74 Å². The van der Waals surface area contributed by atoms with Crippen molar-refractivity contribution in [2.45, 2.75) is 26.4 Å². The van der Waals surface area contributed by atoms with Gasteiger partial charge in [-0.05, 0) is 35.8 Å². The molecule has 0 aliphatic rings. The third kappa shape index (κ3) is 3.41. The van der Waals surface area contributed by atoms with Crippen molar-refractivity contribution in [3.8, 4) is 5.88 Å². The van der Waals surface area contributed by atoms with Crippen molar-refractivity contribution in [2.24, 2.45) is 0 Å². The number of halogens is 1. The van der Waals surface area contributed by atoms with Crippen LogP contribution >= 0.6 is 15.9 Å². The SMILES string of the molecule is COc1ncccc1CNc1cnn(C(C)C)c(=O)c1Br. The number of nitrogens with one attached hydrogen (secondary N) is 1. The monoisotopic (exact) mass is 352 g/mol. The molecule has 6 nitrogen and oxygen atoms in total. The molecule has 0 fully saturated rings. The molecule has 0 saturated heterocycles. The zero-order valence-corrected chi connectivity index (χ0v) is 13.7. The van der Waals surface area contributed by atoms with Gasteiger partial charge in [0.05, 0.1) is 25.0 Å². The Hall–Kier alpha value is -1.89. The van der Waals surface area contributed by atoms with Gasteiger partial charge in [-0.1, -0.05) is 6.07 Å². The van der Waals surface area contributed by atoms with Crippen LogP contribution in [-0.2, 0) is 6.54 Å². The van der Waals surface area contributed by atoms with Gasteiger partial charge in [0.25, 0.3) is 5.56 Å². The molecule has 2 aromatic heterocycles. The lowest BCUT2D eigenvalue weighted by Gasteiger charge is -2.13. The maximum absolute atomic E-state index is 12.1. The number of anilines is 1. The zero-order valence-electron chi connectivity index (χ0n) is 12.1. The summed E-state index contributed by atoms with van der Waals surface area (Å²) in [6.45, 7) is 4.31. The van der Waals surface area contributed by atoms with Crippen LogP contribution < -0.4 is 15.6 Å². The fraction of sp³-hybridized carbons (Fsp3) is 0.357. The summed E-state index contributed by atoms with van der Waals surface area (Å²) in [6, 6.07) is 3.76. The van der Waals surface area contributed by atoms with E-state index >= 15 is 0 Å². The molecule has 2 heterocycles. The van der Waals surface area contributed by atoms with Gasteiger partial charge in [-0.3, -0.25) is 4.79 Å². The van der Waals surface area contributed by atoms with E-state index in [-0.39, 0.29) is 11.6 Å². The minimum atomic E-state index is -0.159. The van der Waals surface area contributed by atoms with Crippen LogP contribution in [0.25, 0.3) is 0 Å². The quantitative estimate of drug-likeness (QED) is 0.895. The summed E-state index contributed by atoms with van der Waals surface area (Å²) < 4.78 is 7.09. The maximum Gasteiger partial charge on any atom is 0.283 e. The molecule has 0 aromatic carbocycles. The molecule has 0 unspecified atom stereocenters. The molecule has 7 heteroatoms. The summed E-state index contributed by atoms with van der Waals surface area (Å²) in [4.78, 5) is 16.3. The first-order chi connectivity index (χ1) is 10.0. The Kier molecular flexibility index (Phi) is 4.95. The van der Waals surface area contributed by atoms with Crippen LogP contribution in [0.15, 0.2) is 33.8 Å². The molecule has 0 atom stereocenters. The van der Waals surface area contributed by atoms with Gasteiger partial charge in [-0.15, -0.1) is 0 Å². The molecule has 0 saturated carbocycles. The van der Waals surface area contributed by atoms with Crippen LogP contribution in [0, 0.1) is 0 Å². The second-order valence-electron chi connectivity index (χ2n) is 4.74. The topological polar surface area (TPSA) is 69.0 Å². The van der Waals surface area contributed by atoms with E-state index in [1.54, 1.807) is 19.5 Å². The molecule has 0 spiro atoms. The first-order valence-corrected chi connectivity index (χ1v) is 7.33. The highest BCUT2D eigenvalue weighted by atomic mass is 79.9. The van der Waals surface area contributed by atoms with E-state index in [1.807, 2.05) is 26.0 Å². The first-order valence-electron chi connectivity index (χ1n) is 6.53. The van der Waals surface area contributed by atoms with Gasteiger partial charge in [0.15, 0.2) is 0 Å². The Labute approximate surface area is 131 Å². The van der Waals surface area contributed by atoms with Crippen LogP contribution in [0.1, 0.15) is 25.5 Å². The molecule has 2 aromatic rings. The fourth-order valence-corrected chi connectivity index (χ4v) is 2.29. The molecular formula is C14H17BrN4O2. The Bertz CT molecular complexity index is 685. The van der Waals surface area contributed by atoms with Gasteiger partial charge in [-0.25, -0.2) is 9.67 Å². The molecule has 0 radical (unpaired) electrons. The smallest absolute Gasteiger partial charge is 0.283 e. The first kappa shape index (κ1) is 15.5. The van der Waals surface area contributed by atoms with Crippen molar-refractivity contribution in [2.75, 3.05) is 12.4 Å². The molecule has 0 aliphatic carbocycles. The summed E-state index contributed by atoms with van der Waals surface area (Å²) >= 11 is 3.33. The summed E-state index contributed by atoms with van der Waals surface area (Å²) in [5.74, 6) is 0.560. The Morgan fingerprint density at radius 2 is 2.24 bits per heavy atom. The van der Waals surface area contributed by atoms with Gasteiger partial charge < -0.3 is 10.1 Å². The lowest BCUT2D eigenvalue weighted by atomic mass is 10.2. The third-order valence-electron chi connectivity index (χ3n) is 2.95. The van der Waals surface area contributed by atoms with Crippen LogP contribution in [0.2, 0.25) is 0 Å². The predicted molar refractivity (Wildman–Crippen MR) is 84.7 cm³/mol. The molecule has 0 bridgehead atoms. The fourth-order valence-electron chi connectivity index (χ4n) is 1.87. The number of rotatable bonds is 5. The summed E-state index contributed by atoms with van der Waals surface area (Å²) in [7, 11) is 1.58. The number of nitrogens with zero attached hydrogens (tertiary/aromatic N) is 3. The molecule has 0 amide bonds. The second-order valence-corrected chi connectivity index (χ2v) is 5.53. The molecule has 0 aliphatic heterocycles. The maximum atomic E-state index is 12.1. The third-order valence-corrected chi connectivity index (χ3v) is 3.71. The van der Waals surface area contributed by atoms with Gasteiger partial charge in [0.1, 0.15) is 4.47 Å². The van der Waals surface area contributed by atoms with Crippen LogP contribution in [-0.4, -0.2) is 21.9 Å². The molecule has 1 N–H and O–H groups in total. The minimum Gasteiger partial charge on any atom is -0.481 e. The van der Waals surface area contributed by atoms with Crippen LogP contribution in [0.4, 0.5) is 5.69 Å².